The third kappa shape index (κ3) is 3.22. The van der Waals surface area contributed by atoms with Crippen LogP contribution in [0.5, 0.6) is 0 Å². The van der Waals surface area contributed by atoms with Gasteiger partial charge in [0, 0.05) is 16.5 Å². The standard InChI is InChI=1S/C15H18ClN3O3S/c16-11-6-7-13-10(8-11)9-14(15(17)20)19(13)23(21,22)18-12-4-2-1-3-5-12/h6-9,12,18H,1-5H2,(H2,17,20). The van der Waals surface area contributed by atoms with Gasteiger partial charge in [-0.15, -0.1) is 0 Å². The van der Waals surface area contributed by atoms with Crippen molar-refractivity contribution in [1.82, 2.24) is 8.69 Å². The van der Waals surface area contributed by atoms with Crippen LogP contribution in [0.3, 0.4) is 0 Å². The van der Waals surface area contributed by atoms with Gasteiger partial charge in [0.25, 0.3) is 5.91 Å². The number of nitrogens with one attached hydrogen (secondary N) is 1. The van der Waals surface area contributed by atoms with Gasteiger partial charge in [0.1, 0.15) is 5.69 Å². The molecule has 1 aliphatic carbocycles. The highest BCUT2D eigenvalue weighted by atomic mass is 35.5. The van der Waals surface area contributed by atoms with Crippen molar-refractivity contribution in [3.05, 3.63) is 35.0 Å². The summed E-state index contributed by atoms with van der Waals surface area (Å²) in [4.78, 5) is 11.7. The summed E-state index contributed by atoms with van der Waals surface area (Å²) in [6, 6.07) is 6.10. The van der Waals surface area contributed by atoms with E-state index < -0.39 is 16.1 Å². The molecule has 2 aromatic rings. The topological polar surface area (TPSA) is 94.2 Å². The normalized spacial score (nSPS) is 16.7. The van der Waals surface area contributed by atoms with Gasteiger partial charge in [-0.05, 0) is 37.1 Å². The largest absolute Gasteiger partial charge is 0.364 e. The smallest absolute Gasteiger partial charge is 0.306 e. The summed E-state index contributed by atoms with van der Waals surface area (Å²) in [6.07, 6.45) is 4.72. The summed E-state index contributed by atoms with van der Waals surface area (Å²) in [5, 5.41) is 1.02. The van der Waals surface area contributed by atoms with Gasteiger partial charge in [0.05, 0.1) is 5.52 Å². The Morgan fingerprint density at radius 1 is 1.22 bits per heavy atom. The van der Waals surface area contributed by atoms with Gasteiger partial charge >= 0.3 is 10.2 Å². The third-order valence-corrected chi connectivity index (χ3v) is 5.87. The molecule has 1 amide bonds. The summed E-state index contributed by atoms with van der Waals surface area (Å²) >= 11 is 5.94. The van der Waals surface area contributed by atoms with Gasteiger partial charge in [0.2, 0.25) is 0 Å². The highest BCUT2D eigenvalue weighted by Gasteiger charge is 2.27. The molecule has 23 heavy (non-hydrogen) atoms. The minimum Gasteiger partial charge on any atom is -0.364 e. The number of fused-ring (bicyclic) bond motifs is 1. The van der Waals surface area contributed by atoms with Crippen molar-refractivity contribution in [2.24, 2.45) is 5.73 Å². The molecule has 0 atom stereocenters. The van der Waals surface area contributed by atoms with Crippen molar-refractivity contribution in [3.63, 3.8) is 0 Å². The van der Waals surface area contributed by atoms with Crippen LogP contribution in [0.2, 0.25) is 5.02 Å². The lowest BCUT2D eigenvalue weighted by Crippen LogP contribution is -2.40. The zero-order valence-electron chi connectivity index (χ0n) is 12.5. The fourth-order valence-corrected chi connectivity index (χ4v) is 4.85. The molecular formula is C15H18ClN3O3S. The summed E-state index contributed by atoms with van der Waals surface area (Å²) < 4.78 is 29.3. The summed E-state index contributed by atoms with van der Waals surface area (Å²) in [5.41, 5.74) is 5.66. The fraction of sp³-hybridized carbons (Fsp3) is 0.400. The molecule has 0 radical (unpaired) electrons. The Balaban J connectivity index is 2.09. The number of rotatable bonds is 4. The number of primary amides is 1. The molecule has 1 aliphatic rings. The van der Waals surface area contributed by atoms with E-state index in [-0.39, 0.29) is 11.7 Å². The van der Waals surface area contributed by atoms with E-state index in [1.807, 2.05) is 0 Å². The summed E-state index contributed by atoms with van der Waals surface area (Å²) in [6.45, 7) is 0. The minimum atomic E-state index is -3.91. The Morgan fingerprint density at radius 2 is 1.91 bits per heavy atom. The number of halogens is 1. The maximum Gasteiger partial charge on any atom is 0.306 e. The predicted octanol–water partition coefficient (Wildman–Crippen LogP) is 2.41. The van der Waals surface area contributed by atoms with E-state index in [2.05, 4.69) is 4.72 Å². The van der Waals surface area contributed by atoms with Crippen molar-refractivity contribution >= 4 is 38.6 Å². The van der Waals surface area contributed by atoms with Crippen LogP contribution in [0.1, 0.15) is 42.6 Å². The number of benzene rings is 1. The van der Waals surface area contributed by atoms with Crippen molar-refractivity contribution < 1.29 is 13.2 Å². The third-order valence-electron chi connectivity index (χ3n) is 4.13. The van der Waals surface area contributed by atoms with E-state index in [0.29, 0.717) is 15.9 Å². The molecule has 0 aliphatic heterocycles. The lowest BCUT2D eigenvalue weighted by atomic mass is 9.96. The van der Waals surface area contributed by atoms with E-state index in [1.54, 1.807) is 18.2 Å². The molecule has 1 saturated carbocycles. The molecule has 124 valence electrons. The van der Waals surface area contributed by atoms with Crippen molar-refractivity contribution in [1.29, 1.82) is 0 Å². The fourth-order valence-electron chi connectivity index (χ4n) is 3.08. The van der Waals surface area contributed by atoms with Crippen LogP contribution in [-0.2, 0) is 10.2 Å². The Labute approximate surface area is 139 Å². The first-order chi connectivity index (χ1) is 10.9. The second-order valence-corrected chi connectivity index (χ2v) is 7.81. The number of aromatic nitrogens is 1. The van der Waals surface area contributed by atoms with Crippen molar-refractivity contribution in [3.8, 4) is 0 Å². The lowest BCUT2D eigenvalue weighted by Gasteiger charge is -2.23. The van der Waals surface area contributed by atoms with Crippen LogP contribution in [0, 0.1) is 0 Å². The lowest BCUT2D eigenvalue weighted by molar-refractivity contribution is 0.0995. The molecule has 0 spiro atoms. The molecule has 6 nitrogen and oxygen atoms in total. The summed E-state index contributed by atoms with van der Waals surface area (Å²) in [5.74, 6) is -0.800. The molecule has 8 heteroatoms. The molecule has 3 N–H and O–H groups in total. The van der Waals surface area contributed by atoms with Gasteiger partial charge in [-0.1, -0.05) is 30.9 Å². The zero-order valence-corrected chi connectivity index (χ0v) is 14.0. The SMILES string of the molecule is NC(=O)c1cc2cc(Cl)ccc2n1S(=O)(=O)NC1CCCCC1. The van der Waals surface area contributed by atoms with Crippen molar-refractivity contribution in [2.45, 2.75) is 38.1 Å². The van der Waals surface area contributed by atoms with Gasteiger partial charge in [-0.2, -0.15) is 13.1 Å². The van der Waals surface area contributed by atoms with Gasteiger partial charge in [-0.25, -0.2) is 3.97 Å². The molecule has 3 rings (SSSR count). The highest BCUT2D eigenvalue weighted by molar-refractivity contribution is 7.88. The Morgan fingerprint density at radius 3 is 2.57 bits per heavy atom. The highest BCUT2D eigenvalue weighted by Crippen LogP contribution is 2.26. The summed E-state index contributed by atoms with van der Waals surface area (Å²) in [7, 11) is -3.91. The van der Waals surface area contributed by atoms with E-state index in [1.165, 1.54) is 6.07 Å². The quantitative estimate of drug-likeness (QED) is 0.881. The maximum atomic E-state index is 12.8. The van der Waals surface area contributed by atoms with Crippen LogP contribution in [0.15, 0.2) is 24.3 Å². The monoisotopic (exact) mass is 355 g/mol. The second-order valence-electron chi connectivity index (χ2n) is 5.82. The van der Waals surface area contributed by atoms with E-state index in [0.717, 1.165) is 36.1 Å². The second kappa shape index (κ2) is 6.14. The first-order valence-corrected chi connectivity index (χ1v) is 9.34. The molecular weight excluding hydrogens is 338 g/mol. The number of hydrogen-bond donors (Lipinski definition) is 2. The average Bonchev–Trinajstić information content (AvgIpc) is 2.87. The van der Waals surface area contributed by atoms with Crippen LogP contribution in [-0.4, -0.2) is 24.3 Å². The number of hydrogen-bond acceptors (Lipinski definition) is 3. The Bertz CT molecular complexity index is 854. The minimum absolute atomic E-state index is 0.0782. The molecule has 1 aromatic heterocycles. The zero-order chi connectivity index (χ0) is 16.6. The first kappa shape index (κ1) is 16.3. The number of nitrogens with two attached hydrogens (primary N) is 1. The van der Waals surface area contributed by atoms with Gasteiger partial charge < -0.3 is 5.73 Å². The molecule has 1 fully saturated rings. The van der Waals surface area contributed by atoms with Crippen LogP contribution >= 0.6 is 11.6 Å². The van der Waals surface area contributed by atoms with E-state index in [4.69, 9.17) is 17.3 Å². The maximum absolute atomic E-state index is 12.8. The molecule has 0 bridgehead atoms. The Kier molecular flexibility index (Phi) is 4.35. The molecule has 1 aromatic carbocycles. The van der Waals surface area contributed by atoms with Crippen LogP contribution in [0.25, 0.3) is 10.9 Å². The number of nitrogens with zero attached hydrogens (tertiary/aromatic N) is 1. The van der Waals surface area contributed by atoms with Crippen LogP contribution in [0.4, 0.5) is 0 Å². The number of carbonyl (C=O) groups is 1. The van der Waals surface area contributed by atoms with E-state index >= 15 is 0 Å². The first-order valence-electron chi connectivity index (χ1n) is 7.52. The number of carbonyl (C=O) groups excluding carboxylic acids is 1. The molecule has 0 unspecified atom stereocenters. The van der Waals surface area contributed by atoms with E-state index in [9.17, 15) is 13.2 Å². The Hall–Kier alpha value is -1.57. The average molecular weight is 356 g/mol. The van der Waals surface area contributed by atoms with Crippen LogP contribution < -0.4 is 10.5 Å². The van der Waals surface area contributed by atoms with Crippen molar-refractivity contribution in [2.75, 3.05) is 0 Å². The van der Waals surface area contributed by atoms with Gasteiger partial charge in [-0.3, -0.25) is 4.79 Å². The van der Waals surface area contributed by atoms with Gasteiger partial charge in [0.15, 0.2) is 0 Å². The molecule has 0 saturated heterocycles. The molecule has 1 heterocycles. The predicted molar refractivity (Wildman–Crippen MR) is 89.8 cm³/mol. The number of amides is 1.